The average Bonchev–Trinajstić information content (AvgIpc) is 2.44. The van der Waals surface area contributed by atoms with E-state index in [2.05, 4.69) is 26.1 Å². The Morgan fingerprint density at radius 3 is 2.35 bits per heavy atom. The van der Waals surface area contributed by atoms with Gasteiger partial charge < -0.3 is 4.74 Å². The van der Waals surface area contributed by atoms with Crippen molar-refractivity contribution in [2.45, 2.75) is 40.0 Å². The molecule has 1 N–H and O–H groups in total. The van der Waals surface area contributed by atoms with E-state index in [1.54, 1.807) is 12.1 Å². The molecule has 0 fully saturated rings. The van der Waals surface area contributed by atoms with E-state index < -0.39 is 6.09 Å². The third-order valence-corrected chi connectivity index (χ3v) is 4.04. The maximum absolute atomic E-state index is 12.1. The molecule has 23 heavy (non-hydrogen) atoms. The summed E-state index contributed by atoms with van der Waals surface area (Å²) < 4.78 is 5.37. The lowest BCUT2D eigenvalue weighted by Crippen LogP contribution is -2.18. The molecule has 1 amide bonds. The Kier molecular flexibility index (Phi) is 5.00. The highest BCUT2D eigenvalue weighted by atomic mass is 35.5. The fourth-order valence-electron chi connectivity index (χ4n) is 2.21. The molecule has 0 atom stereocenters. The van der Waals surface area contributed by atoms with Crippen molar-refractivity contribution in [1.82, 2.24) is 0 Å². The summed E-state index contributed by atoms with van der Waals surface area (Å²) in [6.45, 7) is 10.2. The zero-order valence-corrected chi connectivity index (χ0v) is 14.9. The minimum Gasteiger partial charge on any atom is -0.410 e. The molecule has 4 heteroatoms. The van der Waals surface area contributed by atoms with E-state index in [1.165, 1.54) is 5.56 Å². The minimum absolute atomic E-state index is 0.124. The molecule has 0 aliphatic carbocycles. The first kappa shape index (κ1) is 17.4. The number of aryl methyl sites for hydroxylation is 2. The van der Waals surface area contributed by atoms with Crippen molar-refractivity contribution in [3.8, 4) is 5.75 Å². The zero-order chi connectivity index (χ0) is 17.2. The third-order valence-electron chi connectivity index (χ3n) is 3.71. The Bertz CT molecular complexity index is 733. The number of hydrogen-bond donors (Lipinski definition) is 1. The van der Waals surface area contributed by atoms with Gasteiger partial charge in [0.2, 0.25) is 0 Å². The molecule has 0 aliphatic heterocycles. The number of benzene rings is 2. The standard InChI is InChI=1S/C19H22ClNO2/c1-12-6-7-14(10-13(12)2)21-18(22)23-15-8-9-17(20)16(11-15)19(3,4)5/h6-11H,1-5H3,(H,21,22). The number of rotatable bonds is 2. The summed E-state index contributed by atoms with van der Waals surface area (Å²) in [5.41, 5.74) is 3.82. The molecule has 3 nitrogen and oxygen atoms in total. The number of halogens is 1. The average molecular weight is 332 g/mol. The van der Waals surface area contributed by atoms with Gasteiger partial charge in [-0.15, -0.1) is 0 Å². The van der Waals surface area contributed by atoms with Gasteiger partial charge in [0.05, 0.1) is 0 Å². The van der Waals surface area contributed by atoms with Crippen molar-refractivity contribution in [2.24, 2.45) is 0 Å². The fraction of sp³-hybridized carbons (Fsp3) is 0.316. The summed E-state index contributed by atoms with van der Waals surface area (Å²) in [6.07, 6.45) is -0.518. The maximum atomic E-state index is 12.1. The van der Waals surface area contributed by atoms with Crippen LogP contribution in [0.2, 0.25) is 5.02 Å². The van der Waals surface area contributed by atoms with Crippen LogP contribution in [-0.4, -0.2) is 6.09 Å². The van der Waals surface area contributed by atoms with Crippen molar-refractivity contribution < 1.29 is 9.53 Å². The number of carbonyl (C=O) groups excluding carboxylic acids is 1. The second-order valence-electron chi connectivity index (χ2n) is 6.71. The molecular weight excluding hydrogens is 310 g/mol. The van der Waals surface area contributed by atoms with E-state index >= 15 is 0 Å². The highest BCUT2D eigenvalue weighted by Gasteiger charge is 2.18. The van der Waals surface area contributed by atoms with Gasteiger partial charge in [0.15, 0.2) is 0 Å². The monoisotopic (exact) mass is 331 g/mol. The van der Waals surface area contributed by atoms with Crippen molar-refractivity contribution in [2.75, 3.05) is 5.32 Å². The topological polar surface area (TPSA) is 38.3 Å². The van der Waals surface area contributed by atoms with Crippen LogP contribution in [0.4, 0.5) is 10.5 Å². The van der Waals surface area contributed by atoms with Crippen LogP contribution >= 0.6 is 11.6 Å². The van der Waals surface area contributed by atoms with Gasteiger partial charge >= 0.3 is 6.09 Å². The number of anilines is 1. The van der Waals surface area contributed by atoms with Crippen molar-refractivity contribution in [3.63, 3.8) is 0 Å². The first-order valence-electron chi connectivity index (χ1n) is 7.53. The summed E-state index contributed by atoms with van der Waals surface area (Å²) in [6, 6.07) is 11.0. The van der Waals surface area contributed by atoms with Gasteiger partial charge in [-0.2, -0.15) is 0 Å². The van der Waals surface area contributed by atoms with E-state index in [9.17, 15) is 4.79 Å². The first-order valence-corrected chi connectivity index (χ1v) is 7.91. The van der Waals surface area contributed by atoms with Crippen molar-refractivity contribution >= 4 is 23.4 Å². The zero-order valence-electron chi connectivity index (χ0n) is 14.2. The Morgan fingerprint density at radius 2 is 1.74 bits per heavy atom. The second kappa shape index (κ2) is 6.63. The minimum atomic E-state index is -0.518. The first-order chi connectivity index (χ1) is 10.7. The molecule has 122 valence electrons. The molecule has 2 rings (SSSR count). The number of carbonyl (C=O) groups is 1. The molecule has 0 heterocycles. The van der Waals surface area contributed by atoms with Crippen molar-refractivity contribution in [3.05, 3.63) is 58.1 Å². The molecule has 2 aromatic carbocycles. The van der Waals surface area contributed by atoms with E-state index in [4.69, 9.17) is 16.3 Å². The van der Waals surface area contributed by atoms with Gasteiger partial charge in [0.25, 0.3) is 0 Å². The van der Waals surface area contributed by atoms with Gasteiger partial charge in [-0.1, -0.05) is 38.4 Å². The number of ether oxygens (including phenoxy) is 1. The van der Waals surface area contributed by atoms with Gasteiger partial charge in [0, 0.05) is 10.7 Å². The van der Waals surface area contributed by atoms with Crippen LogP contribution in [0.5, 0.6) is 5.75 Å². The van der Waals surface area contributed by atoms with Crippen LogP contribution in [-0.2, 0) is 5.41 Å². The van der Waals surface area contributed by atoms with Crippen LogP contribution < -0.4 is 10.1 Å². The summed E-state index contributed by atoms with van der Waals surface area (Å²) in [5.74, 6) is 0.473. The molecule has 0 aromatic heterocycles. The second-order valence-corrected chi connectivity index (χ2v) is 7.11. The lowest BCUT2D eigenvalue weighted by Gasteiger charge is -2.21. The van der Waals surface area contributed by atoms with Crippen LogP contribution in [0.25, 0.3) is 0 Å². The van der Waals surface area contributed by atoms with E-state index in [1.807, 2.05) is 38.1 Å². The molecule has 0 radical (unpaired) electrons. The van der Waals surface area contributed by atoms with Gasteiger partial charge in [-0.05, 0) is 66.3 Å². The largest absolute Gasteiger partial charge is 0.417 e. The van der Waals surface area contributed by atoms with Crippen molar-refractivity contribution in [1.29, 1.82) is 0 Å². The Balaban J connectivity index is 2.12. The maximum Gasteiger partial charge on any atom is 0.417 e. The normalized spacial score (nSPS) is 11.2. The van der Waals surface area contributed by atoms with Crippen LogP contribution in [0.3, 0.4) is 0 Å². The van der Waals surface area contributed by atoms with Gasteiger partial charge in [-0.25, -0.2) is 4.79 Å². The number of nitrogens with one attached hydrogen (secondary N) is 1. The lowest BCUT2D eigenvalue weighted by molar-refractivity contribution is 0.215. The molecule has 0 spiro atoms. The molecule has 0 saturated heterocycles. The predicted molar refractivity (Wildman–Crippen MR) is 95.7 cm³/mol. The smallest absolute Gasteiger partial charge is 0.410 e. The lowest BCUT2D eigenvalue weighted by atomic mass is 9.87. The molecule has 0 aliphatic rings. The quantitative estimate of drug-likeness (QED) is 0.747. The van der Waals surface area contributed by atoms with Gasteiger partial charge in [0.1, 0.15) is 5.75 Å². The van der Waals surface area contributed by atoms with E-state index in [0.717, 1.165) is 11.1 Å². The Labute approximate surface area is 142 Å². The van der Waals surface area contributed by atoms with Crippen LogP contribution in [0.15, 0.2) is 36.4 Å². The summed E-state index contributed by atoms with van der Waals surface area (Å²) in [7, 11) is 0. The number of hydrogen-bond acceptors (Lipinski definition) is 2. The van der Waals surface area contributed by atoms with E-state index in [0.29, 0.717) is 16.5 Å². The van der Waals surface area contributed by atoms with Crippen LogP contribution in [0.1, 0.15) is 37.5 Å². The summed E-state index contributed by atoms with van der Waals surface area (Å²) in [5, 5.41) is 3.40. The fourth-order valence-corrected chi connectivity index (χ4v) is 2.61. The molecule has 2 aromatic rings. The van der Waals surface area contributed by atoms with E-state index in [-0.39, 0.29) is 5.41 Å². The molecule has 0 saturated carbocycles. The van der Waals surface area contributed by atoms with Crippen LogP contribution in [0, 0.1) is 13.8 Å². The molecule has 0 bridgehead atoms. The molecular formula is C19H22ClNO2. The highest BCUT2D eigenvalue weighted by Crippen LogP contribution is 2.32. The number of amides is 1. The summed E-state index contributed by atoms with van der Waals surface area (Å²) in [4.78, 5) is 12.1. The Morgan fingerprint density at radius 1 is 1.04 bits per heavy atom. The molecule has 0 unspecified atom stereocenters. The van der Waals surface area contributed by atoms with Gasteiger partial charge in [-0.3, -0.25) is 5.32 Å². The SMILES string of the molecule is Cc1ccc(NC(=O)Oc2ccc(Cl)c(C(C)(C)C)c2)cc1C. The summed E-state index contributed by atoms with van der Waals surface area (Å²) >= 11 is 6.22. The Hall–Kier alpha value is -2.00. The predicted octanol–water partition coefficient (Wildman–Crippen LogP) is 5.87. The third kappa shape index (κ3) is 4.49. The highest BCUT2D eigenvalue weighted by molar-refractivity contribution is 6.31.